The van der Waals surface area contributed by atoms with Gasteiger partial charge in [0.15, 0.2) is 0 Å². The first-order chi connectivity index (χ1) is 21.4. The lowest BCUT2D eigenvalue weighted by molar-refractivity contribution is -0.136. The number of thiol groups is 1. The number of carbonyl (C=O) groups is 1. The number of aliphatic carboxylic acids is 1. The van der Waals surface area contributed by atoms with Gasteiger partial charge in [0.05, 0.1) is 72.5 Å². The van der Waals surface area contributed by atoms with Crippen LogP contribution >= 0.6 is 12.6 Å². The number of aliphatic hydroxyl groups is 20. The third kappa shape index (κ3) is 43.0. The first-order valence-electron chi connectivity index (χ1n) is 13.1. The molecule has 0 unspecified atom stereocenters. The molecule has 46 heavy (non-hydrogen) atoms. The van der Waals surface area contributed by atoms with Crippen LogP contribution in [0.1, 0.15) is 6.42 Å². The summed E-state index contributed by atoms with van der Waals surface area (Å²) >= 11 is 3.68. The van der Waals surface area contributed by atoms with E-state index in [1.165, 1.54) is 0 Å². The maximum Gasteiger partial charge on any atom is 0.304 e. The quantitative estimate of drug-likeness (QED) is 0.0621. The second kappa shape index (κ2) is 42.0. The molecule has 0 saturated heterocycles. The molecule has 0 radical (unpaired) electrons. The Hall–Kier alpha value is -0.980. The summed E-state index contributed by atoms with van der Waals surface area (Å²) in [5.74, 6) is -0.361. The van der Waals surface area contributed by atoms with E-state index in [9.17, 15) is 4.79 Å². The maximum absolute atomic E-state index is 9.55. The molecule has 0 aliphatic rings. The van der Waals surface area contributed by atoms with E-state index >= 15 is 0 Å². The molecule has 0 saturated carbocycles. The van der Waals surface area contributed by atoms with Crippen molar-refractivity contribution >= 4 is 18.6 Å². The third-order valence-electron chi connectivity index (χ3n) is 4.42. The molecule has 0 heterocycles. The van der Waals surface area contributed by atoms with Gasteiger partial charge >= 0.3 is 5.97 Å². The van der Waals surface area contributed by atoms with Crippen LogP contribution in [-0.2, 0) is 4.79 Å². The molecule has 23 heteroatoms. The van der Waals surface area contributed by atoms with Crippen LogP contribution in [0.2, 0.25) is 0 Å². The summed E-state index contributed by atoms with van der Waals surface area (Å²) in [6, 6.07) is 0. The summed E-state index contributed by atoms with van der Waals surface area (Å²) in [5.41, 5.74) is 0. The summed E-state index contributed by atoms with van der Waals surface area (Å²) in [4.78, 5) is 9.55. The lowest BCUT2D eigenvalue weighted by Crippen LogP contribution is -2.31. The van der Waals surface area contributed by atoms with Crippen molar-refractivity contribution < 1.29 is 112 Å². The highest BCUT2D eigenvalue weighted by Gasteiger charge is 2.14. The number of hydrogen-bond acceptors (Lipinski definition) is 22. The van der Waals surface area contributed by atoms with Crippen molar-refractivity contribution in [3.8, 4) is 0 Å². The summed E-state index contributed by atoms with van der Waals surface area (Å²) in [6.07, 6.45) is -12.1. The van der Waals surface area contributed by atoms with Crippen molar-refractivity contribution in [3.63, 3.8) is 0 Å². The Kier molecular flexibility index (Phi) is 52.4. The third-order valence-corrected chi connectivity index (χ3v) is 4.64. The molecule has 0 aliphatic heterocycles. The van der Waals surface area contributed by atoms with E-state index < -0.39 is 133 Å². The lowest BCUT2D eigenvalue weighted by atomic mass is 10.2. The number of rotatable bonds is 17. The van der Waals surface area contributed by atoms with Crippen molar-refractivity contribution in [1.82, 2.24) is 0 Å². The second-order valence-electron chi connectivity index (χ2n) is 8.37. The maximum atomic E-state index is 9.55. The van der Waals surface area contributed by atoms with E-state index in [1.807, 2.05) is 0 Å². The fraction of sp³-hybridized carbons (Fsp3) is 0.957. The Morgan fingerprint density at radius 1 is 0.348 bits per heavy atom. The first kappa shape index (κ1) is 57.3. The molecule has 0 rings (SSSR count). The summed E-state index contributed by atoms with van der Waals surface area (Å²) in [7, 11) is 0. The molecule has 0 aliphatic carbocycles. The topological polar surface area (TPSA) is 442 Å². The molecule has 10 atom stereocenters. The average Bonchev–Trinajstić information content (AvgIpc) is 3.08. The van der Waals surface area contributed by atoms with Gasteiger partial charge in [-0.15, -0.1) is 0 Å². The Labute approximate surface area is 270 Å². The Morgan fingerprint density at radius 2 is 0.457 bits per heavy atom. The van der Waals surface area contributed by atoms with Crippen molar-refractivity contribution in [1.29, 1.82) is 0 Å². The molecular formula is C23H56O22S. The number of hydrogen-bond donors (Lipinski definition) is 22. The zero-order valence-corrected chi connectivity index (χ0v) is 25.9. The van der Waals surface area contributed by atoms with Crippen LogP contribution in [0, 0.1) is 0 Å². The Balaban J connectivity index is -0.000000105. The van der Waals surface area contributed by atoms with Crippen LogP contribution < -0.4 is 0 Å². The van der Waals surface area contributed by atoms with Gasteiger partial charge in [-0.05, 0) is 0 Å². The predicted octanol–water partition coefficient (Wildman–Crippen LogP) is -11.1. The largest absolute Gasteiger partial charge is 0.481 e. The van der Waals surface area contributed by atoms with Crippen LogP contribution in [0.15, 0.2) is 0 Å². The van der Waals surface area contributed by atoms with Gasteiger partial charge in [0.1, 0.15) is 61.0 Å². The zero-order chi connectivity index (χ0) is 37.8. The lowest BCUT2D eigenvalue weighted by Gasteiger charge is -2.10. The second-order valence-corrected chi connectivity index (χ2v) is 8.81. The van der Waals surface area contributed by atoms with E-state index in [4.69, 9.17) is 107 Å². The summed E-state index contributed by atoms with van der Waals surface area (Å²) < 4.78 is 0. The van der Waals surface area contributed by atoms with Gasteiger partial charge in [-0.25, -0.2) is 0 Å². The van der Waals surface area contributed by atoms with Crippen LogP contribution in [-0.4, -0.2) is 246 Å². The minimum Gasteiger partial charge on any atom is -0.481 e. The van der Waals surface area contributed by atoms with Crippen LogP contribution in [0.5, 0.6) is 0 Å². The van der Waals surface area contributed by atoms with Gasteiger partial charge in [0.25, 0.3) is 0 Å². The normalized spacial score (nSPS) is 16.7. The number of carboxylic acids is 1. The minimum atomic E-state index is -1.22. The van der Waals surface area contributed by atoms with Gasteiger partial charge in [0.2, 0.25) is 0 Å². The molecule has 0 aromatic heterocycles. The predicted molar refractivity (Wildman–Crippen MR) is 157 cm³/mol. The SMILES string of the molecule is O=C(O)CCS.OC[C@@H](O)[C@@H](O)CO.OC[C@@H](O)[C@@H](O)CO.OC[C@@H](O)[C@@H](O)CO.OC[C@@H](O)[C@@H](O)CO.OC[C@@H](O)[C@@H](O)CO. The fourth-order valence-corrected chi connectivity index (χ4v) is 1.50. The molecule has 0 fully saturated rings. The number of aliphatic hydroxyl groups excluding tert-OH is 20. The zero-order valence-electron chi connectivity index (χ0n) is 25.0. The van der Waals surface area contributed by atoms with Gasteiger partial charge < -0.3 is 107 Å². The highest BCUT2D eigenvalue weighted by atomic mass is 32.1. The smallest absolute Gasteiger partial charge is 0.304 e. The van der Waals surface area contributed by atoms with Crippen molar-refractivity contribution in [2.45, 2.75) is 67.5 Å². The van der Waals surface area contributed by atoms with Crippen molar-refractivity contribution in [2.75, 3.05) is 71.8 Å². The fourth-order valence-electron chi connectivity index (χ4n) is 1.31. The van der Waals surface area contributed by atoms with E-state index in [-0.39, 0.29) is 6.42 Å². The molecule has 0 aromatic rings. The van der Waals surface area contributed by atoms with E-state index in [1.54, 1.807) is 0 Å². The average molecular weight is 717 g/mol. The summed E-state index contributed by atoms with van der Waals surface area (Å²) in [6.45, 7) is -5.26. The van der Waals surface area contributed by atoms with Gasteiger partial charge in [-0.3, -0.25) is 4.79 Å². The monoisotopic (exact) mass is 716 g/mol. The van der Waals surface area contributed by atoms with Crippen LogP contribution in [0.4, 0.5) is 0 Å². The van der Waals surface area contributed by atoms with Gasteiger partial charge in [0, 0.05) is 5.75 Å². The molecular weight excluding hydrogens is 660 g/mol. The molecule has 286 valence electrons. The van der Waals surface area contributed by atoms with E-state index in [0.717, 1.165) is 0 Å². The molecule has 0 aromatic carbocycles. The standard InChI is InChI=1S/5C4H10O4.C3H6O2S/c5*5-1-3(7)4(8)2-6;4-3(5)1-2-6/h5*3-8H,1-2H2;6H,1-2H2,(H,4,5)/t5*3-,4+;. The molecule has 22 nitrogen and oxygen atoms in total. The Morgan fingerprint density at radius 3 is 0.478 bits per heavy atom. The van der Waals surface area contributed by atoms with Crippen molar-refractivity contribution in [2.24, 2.45) is 0 Å². The highest BCUT2D eigenvalue weighted by molar-refractivity contribution is 7.80. The van der Waals surface area contributed by atoms with Gasteiger partial charge in [-0.1, -0.05) is 0 Å². The highest BCUT2D eigenvalue weighted by Crippen LogP contribution is 1.91. The van der Waals surface area contributed by atoms with Gasteiger partial charge in [-0.2, -0.15) is 12.6 Å². The molecule has 0 amide bonds. The van der Waals surface area contributed by atoms with Crippen LogP contribution in [0.25, 0.3) is 0 Å². The Bertz CT molecular complexity index is 451. The summed E-state index contributed by atoms with van der Waals surface area (Å²) in [5, 5.41) is 174. The van der Waals surface area contributed by atoms with E-state index in [2.05, 4.69) is 12.6 Å². The first-order valence-corrected chi connectivity index (χ1v) is 13.7. The van der Waals surface area contributed by atoms with Crippen LogP contribution in [0.3, 0.4) is 0 Å². The number of carboxylic acid groups (broad SMARTS) is 1. The van der Waals surface area contributed by atoms with E-state index in [0.29, 0.717) is 5.75 Å². The van der Waals surface area contributed by atoms with Crippen molar-refractivity contribution in [3.05, 3.63) is 0 Å². The molecule has 0 spiro atoms. The molecule has 0 bridgehead atoms. The minimum absolute atomic E-state index is 0.156. The molecule has 21 N–H and O–H groups in total.